The van der Waals surface area contributed by atoms with Gasteiger partial charge in [0.1, 0.15) is 11.5 Å². The van der Waals surface area contributed by atoms with Gasteiger partial charge in [0.2, 0.25) is 0 Å². The van der Waals surface area contributed by atoms with E-state index in [-0.39, 0.29) is 11.2 Å². The van der Waals surface area contributed by atoms with Crippen LogP contribution >= 0.6 is 11.9 Å². The Bertz CT molecular complexity index is 1320. The molecule has 2 heterocycles. The molecule has 0 spiro atoms. The van der Waals surface area contributed by atoms with Crippen LogP contribution in [0.2, 0.25) is 0 Å². The zero-order valence-electron chi connectivity index (χ0n) is 19.7. The fraction of sp³-hybridized carbons (Fsp3) is 0.333. The molecule has 0 atom stereocenters. The molecule has 35 heavy (non-hydrogen) atoms. The predicted octanol–water partition coefficient (Wildman–Crippen LogP) is 7.72. The molecule has 2 aliphatic rings. The number of benzene rings is 2. The Labute approximate surface area is 207 Å². The van der Waals surface area contributed by atoms with Crippen molar-refractivity contribution in [2.45, 2.75) is 62.1 Å². The highest BCUT2D eigenvalue weighted by atomic mass is 32.2. The Hall–Kier alpha value is -3.18. The van der Waals surface area contributed by atoms with Crippen LogP contribution in [-0.4, -0.2) is 4.98 Å². The second-order valence-electron chi connectivity index (χ2n) is 10.2. The lowest BCUT2D eigenvalue weighted by atomic mass is 9.87. The van der Waals surface area contributed by atoms with Gasteiger partial charge in [-0.05, 0) is 71.7 Å². The summed E-state index contributed by atoms with van der Waals surface area (Å²) in [4.78, 5) is 4.91. The van der Waals surface area contributed by atoms with E-state index in [9.17, 15) is 18.4 Å². The van der Waals surface area contributed by atoms with Crippen LogP contribution in [0.15, 0.2) is 59.5 Å². The summed E-state index contributed by atoms with van der Waals surface area (Å²) in [6.45, 7) is 6.84. The second kappa shape index (κ2) is 8.20. The lowest BCUT2D eigenvalue weighted by Crippen LogP contribution is -2.15. The molecule has 4 nitrogen and oxygen atoms in total. The van der Waals surface area contributed by atoms with Crippen molar-refractivity contribution in [3.8, 4) is 6.07 Å². The molecule has 1 aliphatic heterocycles. The summed E-state index contributed by atoms with van der Waals surface area (Å²) in [5.41, 5.74) is 2.93. The minimum absolute atomic E-state index is 0.0356. The van der Waals surface area contributed by atoms with E-state index in [0.717, 1.165) is 35.1 Å². The number of aromatic nitrogens is 1. The minimum atomic E-state index is -4.52. The van der Waals surface area contributed by atoms with E-state index >= 15 is 0 Å². The molecule has 5 rings (SSSR count). The van der Waals surface area contributed by atoms with Gasteiger partial charge in [0.05, 0.1) is 29.4 Å². The summed E-state index contributed by atoms with van der Waals surface area (Å²) in [6, 6.07) is 19.0. The summed E-state index contributed by atoms with van der Waals surface area (Å²) >= 11 is 1.52. The van der Waals surface area contributed by atoms with Gasteiger partial charge in [-0.15, -0.1) is 0 Å². The molecule has 3 aromatic rings. The second-order valence-corrected chi connectivity index (χ2v) is 11.2. The molecule has 0 saturated heterocycles. The SMILES string of the molecule is CC(C)(C)c1ccc(SN2Cc3ccc(C(F)(F)F)nc3Nc3ccc(C4(C#N)CC4)cc32)cc1. The lowest BCUT2D eigenvalue weighted by Gasteiger charge is -2.25. The van der Waals surface area contributed by atoms with Crippen molar-refractivity contribution in [3.05, 3.63) is 77.0 Å². The maximum absolute atomic E-state index is 13.3. The van der Waals surface area contributed by atoms with Crippen LogP contribution < -0.4 is 9.62 Å². The number of anilines is 3. The van der Waals surface area contributed by atoms with E-state index in [4.69, 9.17) is 0 Å². The Morgan fingerprint density at radius 2 is 1.74 bits per heavy atom. The van der Waals surface area contributed by atoms with Gasteiger partial charge in [-0.1, -0.05) is 45.0 Å². The van der Waals surface area contributed by atoms with Crippen molar-refractivity contribution in [1.29, 1.82) is 5.26 Å². The van der Waals surface area contributed by atoms with Crippen molar-refractivity contribution < 1.29 is 13.2 Å². The van der Waals surface area contributed by atoms with Crippen molar-refractivity contribution >= 4 is 29.1 Å². The zero-order chi connectivity index (χ0) is 25.0. The molecule has 0 unspecified atom stereocenters. The standard InChI is InChI=1S/C27H25F3N4S/c1-25(2,3)18-5-8-20(9-6-18)35-34-15-17-4-11-23(27(28,29)30)33-24(17)32-21-10-7-19(14-22(21)34)26(16-31)12-13-26/h4-11,14H,12-13,15H2,1-3H3,(H,32,33). The van der Waals surface area contributed by atoms with Crippen LogP contribution in [0.5, 0.6) is 0 Å². The fourth-order valence-electron chi connectivity index (χ4n) is 4.20. The lowest BCUT2D eigenvalue weighted by molar-refractivity contribution is -0.141. The third-order valence-corrected chi connectivity index (χ3v) is 7.58. The first-order valence-electron chi connectivity index (χ1n) is 11.4. The zero-order valence-corrected chi connectivity index (χ0v) is 20.5. The van der Waals surface area contributed by atoms with Crippen LogP contribution in [0.1, 0.15) is 56.0 Å². The van der Waals surface area contributed by atoms with E-state index in [1.54, 1.807) is 0 Å². The summed E-state index contributed by atoms with van der Waals surface area (Å²) in [7, 11) is 0. The van der Waals surface area contributed by atoms with Crippen LogP contribution in [0.4, 0.5) is 30.4 Å². The van der Waals surface area contributed by atoms with Crippen LogP contribution in [-0.2, 0) is 23.6 Å². The first-order valence-corrected chi connectivity index (χ1v) is 12.2. The Morgan fingerprint density at radius 3 is 2.34 bits per heavy atom. The van der Waals surface area contributed by atoms with Gasteiger partial charge in [-0.25, -0.2) is 4.98 Å². The van der Waals surface area contributed by atoms with Crippen LogP contribution in [0.3, 0.4) is 0 Å². The first kappa shape index (κ1) is 23.6. The van der Waals surface area contributed by atoms with Crippen LogP contribution in [0.25, 0.3) is 0 Å². The molecular formula is C27H25F3N4S. The van der Waals surface area contributed by atoms with E-state index in [2.05, 4.69) is 65.7 Å². The summed E-state index contributed by atoms with van der Waals surface area (Å²) < 4.78 is 42.1. The number of fused-ring (bicyclic) bond motifs is 2. The van der Waals surface area contributed by atoms with Gasteiger partial charge in [-0.2, -0.15) is 18.4 Å². The first-order chi connectivity index (χ1) is 16.5. The van der Waals surface area contributed by atoms with Gasteiger partial charge < -0.3 is 9.62 Å². The Kier molecular flexibility index (Phi) is 5.52. The molecule has 0 amide bonds. The third kappa shape index (κ3) is 4.57. The Balaban J connectivity index is 1.56. The number of rotatable bonds is 3. The number of nitriles is 1. The van der Waals surface area contributed by atoms with Crippen molar-refractivity contribution in [2.75, 3.05) is 9.62 Å². The number of hydrogen-bond acceptors (Lipinski definition) is 5. The molecule has 1 fully saturated rings. The molecule has 0 radical (unpaired) electrons. The predicted molar refractivity (Wildman–Crippen MR) is 133 cm³/mol. The van der Waals surface area contributed by atoms with Crippen LogP contribution in [0, 0.1) is 11.3 Å². The fourth-order valence-corrected chi connectivity index (χ4v) is 5.17. The average molecular weight is 495 g/mol. The maximum Gasteiger partial charge on any atom is 0.433 e. The molecule has 0 bridgehead atoms. The van der Waals surface area contributed by atoms with E-state index in [0.29, 0.717) is 17.8 Å². The summed E-state index contributed by atoms with van der Waals surface area (Å²) in [5, 5.41) is 12.8. The maximum atomic E-state index is 13.3. The number of pyridine rings is 1. The van der Waals surface area contributed by atoms with Gasteiger partial charge in [0, 0.05) is 10.5 Å². The molecule has 1 aliphatic carbocycles. The number of halogens is 3. The third-order valence-electron chi connectivity index (χ3n) is 6.56. The molecule has 1 N–H and O–H groups in total. The Morgan fingerprint density at radius 1 is 1.03 bits per heavy atom. The van der Waals surface area contributed by atoms with Crippen molar-refractivity contribution in [3.63, 3.8) is 0 Å². The van der Waals surface area contributed by atoms with E-state index in [1.165, 1.54) is 23.6 Å². The average Bonchev–Trinajstić information content (AvgIpc) is 3.61. The molecule has 180 valence electrons. The number of nitrogens with zero attached hydrogens (tertiary/aromatic N) is 3. The molecular weight excluding hydrogens is 469 g/mol. The normalized spacial score (nSPS) is 16.4. The largest absolute Gasteiger partial charge is 0.433 e. The smallest absolute Gasteiger partial charge is 0.338 e. The highest BCUT2D eigenvalue weighted by Gasteiger charge is 2.45. The van der Waals surface area contributed by atoms with E-state index < -0.39 is 17.3 Å². The monoisotopic (exact) mass is 494 g/mol. The molecule has 1 saturated carbocycles. The highest BCUT2D eigenvalue weighted by Crippen LogP contribution is 2.50. The summed E-state index contributed by atoms with van der Waals surface area (Å²) in [6.07, 6.45) is -2.90. The van der Waals surface area contributed by atoms with Gasteiger partial charge in [0.25, 0.3) is 0 Å². The molecule has 8 heteroatoms. The minimum Gasteiger partial charge on any atom is -0.338 e. The van der Waals surface area contributed by atoms with Gasteiger partial charge >= 0.3 is 6.18 Å². The number of nitrogens with one attached hydrogen (secondary N) is 1. The van der Waals surface area contributed by atoms with E-state index in [1.807, 2.05) is 18.2 Å². The number of hydrogen-bond donors (Lipinski definition) is 1. The number of alkyl halides is 3. The molecule has 2 aromatic carbocycles. The van der Waals surface area contributed by atoms with Gasteiger partial charge in [-0.3, -0.25) is 0 Å². The quantitative estimate of drug-likeness (QED) is 0.378. The highest BCUT2D eigenvalue weighted by molar-refractivity contribution is 8.00. The summed E-state index contributed by atoms with van der Waals surface area (Å²) in [5.74, 6) is 0.196. The topological polar surface area (TPSA) is 52.0 Å². The van der Waals surface area contributed by atoms with Crippen molar-refractivity contribution in [2.24, 2.45) is 0 Å². The van der Waals surface area contributed by atoms with Crippen molar-refractivity contribution in [1.82, 2.24) is 4.98 Å². The van der Waals surface area contributed by atoms with Gasteiger partial charge in [0.15, 0.2) is 0 Å². The molecule has 1 aromatic heterocycles.